The molecule has 0 spiro atoms. The Labute approximate surface area is 124 Å². The molecule has 1 aromatic carbocycles. The van der Waals surface area contributed by atoms with Crippen molar-refractivity contribution in [2.75, 3.05) is 19.6 Å². The standard InChI is InChI=1S/C15H23BrN2O/c1-4-18(5-2)15(19)10-11-17-12(3)13-6-8-14(16)9-7-13/h6-9,12,17H,4-5,10-11H2,1-3H3. The van der Waals surface area contributed by atoms with Gasteiger partial charge in [-0.05, 0) is 38.5 Å². The van der Waals surface area contributed by atoms with Gasteiger partial charge in [-0.25, -0.2) is 0 Å². The van der Waals surface area contributed by atoms with Gasteiger partial charge in [0.2, 0.25) is 5.91 Å². The van der Waals surface area contributed by atoms with Gasteiger partial charge in [-0.1, -0.05) is 28.1 Å². The molecule has 0 fully saturated rings. The molecule has 106 valence electrons. The molecule has 1 amide bonds. The number of halogens is 1. The predicted molar refractivity (Wildman–Crippen MR) is 83.1 cm³/mol. The number of rotatable bonds is 7. The van der Waals surface area contributed by atoms with E-state index in [0.29, 0.717) is 13.0 Å². The zero-order chi connectivity index (χ0) is 14.3. The maximum absolute atomic E-state index is 11.8. The van der Waals surface area contributed by atoms with Crippen molar-refractivity contribution in [2.45, 2.75) is 33.2 Å². The number of amides is 1. The molecule has 1 atom stereocenters. The van der Waals surface area contributed by atoms with Crippen molar-refractivity contribution in [3.05, 3.63) is 34.3 Å². The first-order chi connectivity index (χ1) is 9.08. The lowest BCUT2D eigenvalue weighted by atomic mass is 10.1. The molecule has 3 nitrogen and oxygen atoms in total. The number of hydrogen-bond donors (Lipinski definition) is 1. The van der Waals surface area contributed by atoms with E-state index in [2.05, 4.69) is 40.3 Å². The van der Waals surface area contributed by atoms with Crippen LogP contribution in [0, 0.1) is 0 Å². The Morgan fingerprint density at radius 1 is 1.26 bits per heavy atom. The third-order valence-electron chi connectivity index (χ3n) is 3.28. The van der Waals surface area contributed by atoms with Crippen LogP contribution in [0.15, 0.2) is 28.7 Å². The van der Waals surface area contributed by atoms with Crippen LogP contribution in [0.4, 0.5) is 0 Å². The maximum Gasteiger partial charge on any atom is 0.223 e. The molecule has 0 bridgehead atoms. The Morgan fingerprint density at radius 2 is 1.84 bits per heavy atom. The second-order valence-corrected chi connectivity index (χ2v) is 5.46. The highest BCUT2D eigenvalue weighted by Crippen LogP contribution is 2.16. The summed E-state index contributed by atoms with van der Waals surface area (Å²) in [4.78, 5) is 13.7. The van der Waals surface area contributed by atoms with Gasteiger partial charge < -0.3 is 10.2 Å². The molecule has 0 aliphatic carbocycles. The molecule has 0 aromatic heterocycles. The van der Waals surface area contributed by atoms with Gasteiger partial charge in [-0.3, -0.25) is 4.79 Å². The second-order valence-electron chi connectivity index (χ2n) is 4.54. The highest BCUT2D eigenvalue weighted by atomic mass is 79.9. The highest BCUT2D eigenvalue weighted by Gasteiger charge is 2.10. The summed E-state index contributed by atoms with van der Waals surface area (Å²) in [5.41, 5.74) is 1.23. The van der Waals surface area contributed by atoms with Crippen LogP contribution in [0.2, 0.25) is 0 Å². The number of benzene rings is 1. The number of nitrogens with one attached hydrogen (secondary N) is 1. The van der Waals surface area contributed by atoms with Gasteiger partial charge in [-0.15, -0.1) is 0 Å². The van der Waals surface area contributed by atoms with E-state index in [1.54, 1.807) is 0 Å². The van der Waals surface area contributed by atoms with E-state index in [9.17, 15) is 4.79 Å². The van der Waals surface area contributed by atoms with Crippen LogP contribution in [-0.2, 0) is 4.79 Å². The summed E-state index contributed by atoms with van der Waals surface area (Å²) in [5.74, 6) is 0.223. The van der Waals surface area contributed by atoms with E-state index in [0.717, 1.165) is 17.6 Å². The summed E-state index contributed by atoms with van der Waals surface area (Å²) in [5, 5.41) is 3.39. The maximum atomic E-state index is 11.8. The minimum Gasteiger partial charge on any atom is -0.343 e. The van der Waals surface area contributed by atoms with E-state index in [1.165, 1.54) is 5.56 Å². The summed E-state index contributed by atoms with van der Waals surface area (Å²) in [6.07, 6.45) is 0.558. The van der Waals surface area contributed by atoms with Gasteiger partial charge >= 0.3 is 0 Å². The Balaban J connectivity index is 2.36. The molecule has 0 radical (unpaired) electrons. The summed E-state index contributed by atoms with van der Waals surface area (Å²) in [6.45, 7) is 8.44. The van der Waals surface area contributed by atoms with Crippen molar-refractivity contribution in [2.24, 2.45) is 0 Å². The molecule has 0 saturated heterocycles. The van der Waals surface area contributed by atoms with Crippen molar-refractivity contribution in [1.82, 2.24) is 10.2 Å². The Bertz CT molecular complexity index is 388. The minimum absolute atomic E-state index is 0.223. The molecular formula is C15H23BrN2O. The fourth-order valence-corrected chi connectivity index (χ4v) is 2.26. The summed E-state index contributed by atoms with van der Waals surface area (Å²) >= 11 is 3.43. The molecule has 0 aliphatic rings. The average Bonchev–Trinajstić information content (AvgIpc) is 2.40. The van der Waals surface area contributed by atoms with Crippen molar-refractivity contribution in [3.63, 3.8) is 0 Å². The van der Waals surface area contributed by atoms with E-state index in [4.69, 9.17) is 0 Å². The van der Waals surface area contributed by atoms with Gasteiger partial charge in [0, 0.05) is 36.6 Å². The zero-order valence-electron chi connectivity index (χ0n) is 11.9. The van der Waals surface area contributed by atoms with Crippen molar-refractivity contribution in [3.8, 4) is 0 Å². The quantitative estimate of drug-likeness (QED) is 0.833. The Morgan fingerprint density at radius 3 is 2.37 bits per heavy atom. The van der Waals surface area contributed by atoms with Crippen LogP contribution in [0.1, 0.15) is 38.8 Å². The fraction of sp³-hybridized carbons (Fsp3) is 0.533. The molecule has 1 unspecified atom stereocenters. The van der Waals surface area contributed by atoms with Crippen molar-refractivity contribution in [1.29, 1.82) is 0 Å². The van der Waals surface area contributed by atoms with Crippen LogP contribution in [0.5, 0.6) is 0 Å². The van der Waals surface area contributed by atoms with Gasteiger partial charge in [0.1, 0.15) is 0 Å². The molecule has 1 N–H and O–H groups in total. The molecule has 19 heavy (non-hydrogen) atoms. The van der Waals surface area contributed by atoms with Crippen LogP contribution in [0.3, 0.4) is 0 Å². The van der Waals surface area contributed by atoms with Gasteiger partial charge in [-0.2, -0.15) is 0 Å². The van der Waals surface area contributed by atoms with Gasteiger partial charge in [0.05, 0.1) is 0 Å². The van der Waals surface area contributed by atoms with Crippen LogP contribution >= 0.6 is 15.9 Å². The van der Waals surface area contributed by atoms with Crippen LogP contribution in [0.25, 0.3) is 0 Å². The topological polar surface area (TPSA) is 32.3 Å². The fourth-order valence-electron chi connectivity index (χ4n) is 2.00. The smallest absolute Gasteiger partial charge is 0.223 e. The molecule has 1 aromatic rings. The van der Waals surface area contributed by atoms with Crippen LogP contribution in [-0.4, -0.2) is 30.4 Å². The van der Waals surface area contributed by atoms with Gasteiger partial charge in [0.15, 0.2) is 0 Å². The number of carbonyl (C=O) groups excluding carboxylic acids is 1. The molecule has 0 saturated carbocycles. The largest absolute Gasteiger partial charge is 0.343 e. The van der Waals surface area contributed by atoms with E-state index in [1.807, 2.05) is 30.9 Å². The molecule has 0 aliphatic heterocycles. The first kappa shape index (κ1) is 16.2. The lowest BCUT2D eigenvalue weighted by Crippen LogP contribution is -2.33. The lowest BCUT2D eigenvalue weighted by Gasteiger charge is -2.20. The Hall–Kier alpha value is -0.870. The molecule has 4 heteroatoms. The molecule has 1 rings (SSSR count). The predicted octanol–water partition coefficient (Wildman–Crippen LogP) is 3.36. The van der Waals surface area contributed by atoms with E-state index in [-0.39, 0.29) is 11.9 Å². The summed E-state index contributed by atoms with van der Waals surface area (Å²) in [6, 6.07) is 8.52. The summed E-state index contributed by atoms with van der Waals surface area (Å²) in [7, 11) is 0. The first-order valence-corrected chi connectivity index (χ1v) is 7.64. The van der Waals surface area contributed by atoms with Crippen molar-refractivity contribution >= 4 is 21.8 Å². The van der Waals surface area contributed by atoms with Gasteiger partial charge in [0.25, 0.3) is 0 Å². The molecular weight excluding hydrogens is 304 g/mol. The highest BCUT2D eigenvalue weighted by molar-refractivity contribution is 9.10. The lowest BCUT2D eigenvalue weighted by molar-refractivity contribution is -0.130. The average molecular weight is 327 g/mol. The number of carbonyl (C=O) groups is 1. The number of nitrogens with zero attached hydrogens (tertiary/aromatic N) is 1. The first-order valence-electron chi connectivity index (χ1n) is 6.85. The summed E-state index contributed by atoms with van der Waals surface area (Å²) < 4.78 is 1.08. The third kappa shape index (κ3) is 5.33. The zero-order valence-corrected chi connectivity index (χ0v) is 13.5. The molecule has 0 heterocycles. The minimum atomic E-state index is 0.223. The van der Waals surface area contributed by atoms with E-state index < -0.39 is 0 Å². The SMILES string of the molecule is CCN(CC)C(=O)CCNC(C)c1ccc(Br)cc1. The van der Waals surface area contributed by atoms with Crippen LogP contribution < -0.4 is 5.32 Å². The van der Waals surface area contributed by atoms with E-state index >= 15 is 0 Å². The monoisotopic (exact) mass is 326 g/mol. The number of hydrogen-bond acceptors (Lipinski definition) is 2. The Kier molecular flexibility index (Phi) is 7.10. The second kappa shape index (κ2) is 8.33. The third-order valence-corrected chi connectivity index (χ3v) is 3.80. The normalized spacial score (nSPS) is 12.2. The van der Waals surface area contributed by atoms with Crippen molar-refractivity contribution < 1.29 is 4.79 Å².